The van der Waals surface area contributed by atoms with Gasteiger partial charge in [0.15, 0.2) is 0 Å². The molecule has 1 saturated heterocycles. The number of carbonyl (C=O) groups excluding carboxylic acids is 3. The largest absolute Gasteiger partial charge is 0.325 e. The molecule has 8 heteroatoms. The minimum Gasteiger partial charge on any atom is -0.325 e. The maximum absolute atomic E-state index is 13.4. The molecule has 5 nitrogen and oxygen atoms in total. The fourth-order valence-electron chi connectivity index (χ4n) is 5.29. The van der Waals surface area contributed by atoms with Crippen LogP contribution in [0.25, 0.3) is 0 Å². The van der Waals surface area contributed by atoms with Crippen LogP contribution in [-0.4, -0.2) is 22.6 Å². The van der Waals surface area contributed by atoms with E-state index in [0.29, 0.717) is 26.3 Å². The number of rotatable bonds is 5. The summed E-state index contributed by atoms with van der Waals surface area (Å²) < 4.78 is 0. The highest BCUT2D eigenvalue weighted by Crippen LogP contribution is 2.54. The number of benzene rings is 2. The number of nitrogens with zero attached hydrogens (tertiary/aromatic N) is 1. The fraction of sp³-hybridized carbons (Fsp3) is 0.292. The lowest BCUT2D eigenvalue weighted by molar-refractivity contribution is -0.144. The molecule has 3 aliphatic rings. The summed E-state index contributed by atoms with van der Waals surface area (Å²) in [6.07, 6.45) is 4.79. The molecule has 3 amide bonds. The van der Waals surface area contributed by atoms with Gasteiger partial charge in [0.1, 0.15) is 0 Å². The molecule has 2 aliphatic carbocycles. The Labute approximate surface area is 200 Å². The number of nitrogens with one attached hydrogen (secondary N) is 1. The standard InChI is InChI=1S/C24H19Cl3N2O3/c25-14-7-8-18(17(27)10-14)28-20(30)11-19(15-3-1-2-4-16(15)26)29-23(31)21-12-5-6-13(9-12)22(21)24(29)32/h1-8,10,12-13,19,21-22H,9,11H2,(H,28,30). The first-order chi connectivity index (χ1) is 15.3. The fourth-order valence-corrected chi connectivity index (χ4v) is 6.00. The lowest BCUT2D eigenvalue weighted by Gasteiger charge is -2.28. The Bertz CT molecular complexity index is 1130. The highest BCUT2D eigenvalue weighted by Gasteiger charge is 2.60. The van der Waals surface area contributed by atoms with Gasteiger partial charge in [-0.25, -0.2) is 0 Å². The number of imide groups is 1. The molecule has 2 aromatic rings. The highest BCUT2D eigenvalue weighted by molar-refractivity contribution is 6.36. The summed E-state index contributed by atoms with van der Waals surface area (Å²) in [5, 5.41) is 3.90. The Hall–Kier alpha value is -2.34. The second-order valence-electron chi connectivity index (χ2n) is 8.46. The van der Waals surface area contributed by atoms with Crippen molar-refractivity contribution in [2.75, 3.05) is 5.32 Å². The zero-order valence-electron chi connectivity index (χ0n) is 16.8. The van der Waals surface area contributed by atoms with Crippen molar-refractivity contribution in [3.8, 4) is 0 Å². The maximum Gasteiger partial charge on any atom is 0.234 e. The number of hydrogen-bond donors (Lipinski definition) is 1. The van der Waals surface area contributed by atoms with Gasteiger partial charge in [0.05, 0.1) is 35.0 Å². The third-order valence-electron chi connectivity index (χ3n) is 6.66. The van der Waals surface area contributed by atoms with Gasteiger partial charge in [0, 0.05) is 10.0 Å². The molecule has 5 atom stereocenters. The van der Waals surface area contributed by atoms with Crippen LogP contribution in [0.4, 0.5) is 5.69 Å². The summed E-state index contributed by atoms with van der Waals surface area (Å²) in [6.45, 7) is 0. The Morgan fingerprint density at radius 1 is 0.969 bits per heavy atom. The number of likely N-dealkylation sites (tertiary alicyclic amines) is 1. The molecule has 0 radical (unpaired) electrons. The monoisotopic (exact) mass is 488 g/mol. The summed E-state index contributed by atoms with van der Waals surface area (Å²) in [5.74, 6) is -1.37. The van der Waals surface area contributed by atoms with Crippen molar-refractivity contribution in [3.05, 3.63) is 75.2 Å². The number of carbonyl (C=O) groups is 3. The molecular formula is C24H19Cl3N2O3. The highest BCUT2D eigenvalue weighted by atomic mass is 35.5. The first-order valence-electron chi connectivity index (χ1n) is 10.4. The van der Waals surface area contributed by atoms with Crippen LogP contribution in [0.1, 0.15) is 24.4 Å². The van der Waals surface area contributed by atoms with Crippen LogP contribution in [0.5, 0.6) is 0 Å². The van der Waals surface area contributed by atoms with Gasteiger partial charge < -0.3 is 5.32 Å². The van der Waals surface area contributed by atoms with Crippen molar-refractivity contribution in [1.82, 2.24) is 4.90 Å². The normalized spacial score (nSPS) is 26.5. The Kier molecular flexibility index (Phi) is 5.52. The van der Waals surface area contributed by atoms with Gasteiger partial charge in [0.2, 0.25) is 17.7 Å². The van der Waals surface area contributed by atoms with Crippen molar-refractivity contribution >= 4 is 58.2 Å². The predicted octanol–water partition coefficient (Wildman–Crippen LogP) is 5.52. The average Bonchev–Trinajstić information content (AvgIpc) is 3.43. The van der Waals surface area contributed by atoms with E-state index < -0.39 is 11.9 Å². The molecule has 0 aromatic heterocycles. The molecule has 32 heavy (non-hydrogen) atoms. The first kappa shape index (κ1) is 21.5. The predicted molar refractivity (Wildman–Crippen MR) is 123 cm³/mol. The minimum absolute atomic E-state index is 0.0834. The number of allylic oxidation sites excluding steroid dienone is 2. The van der Waals surface area contributed by atoms with Gasteiger partial charge in [-0.15, -0.1) is 0 Å². The number of anilines is 1. The van der Waals surface area contributed by atoms with E-state index in [-0.39, 0.29) is 41.9 Å². The second kappa shape index (κ2) is 8.22. The molecular weight excluding hydrogens is 471 g/mol. The number of amides is 3. The van der Waals surface area contributed by atoms with Crippen LogP contribution in [-0.2, 0) is 14.4 Å². The summed E-state index contributed by atoms with van der Waals surface area (Å²) in [6, 6.07) is 10.9. The maximum atomic E-state index is 13.4. The summed E-state index contributed by atoms with van der Waals surface area (Å²) in [5.41, 5.74) is 0.964. The second-order valence-corrected chi connectivity index (χ2v) is 9.71. The summed E-state index contributed by atoms with van der Waals surface area (Å²) in [7, 11) is 0. The Balaban J connectivity index is 1.46. The van der Waals surface area contributed by atoms with Crippen LogP contribution in [0.3, 0.4) is 0 Å². The molecule has 0 spiro atoms. The third-order valence-corrected chi connectivity index (χ3v) is 7.56. The summed E-state index contributed by atoms with van der Waals surface area (Å²) >= 11 is 18.6. The van der Waals surface area contributed by atoms with E-state index in [2.05, 4.69) is 5.32 Å². The van der Waals surface area contributed by atoms with Crippen LogP contribution in [0, 0.1) is 23.7 Å². The molecule has 5 rings (SSSR count). The Morgan fingerprint density at radius 2 is 1.62 bits per heavy atom. The van der Waals surface area contributed by atoms with E-state index >= 15 is 0 Å². The van der Waals surface area contributed by atoms with Crippen LogP contribution in [0.2, 0.25) is 15.1 Å². The first-order valence-corrected chi connectivity index (χ1v) is 11.5. The van der Waals surface area contributed by atoms with Gasteiger partial charge in [-0.3, -0.25) is 19.3 Å². The minimum atomic E-state index is -0.806. The number of halogens is 3. The van der Waals surface area contributed by atoms with Gasteiger partial charge in [-0.05, 0) is 48.1 Å². The van der Waals surface area contributed by atoms with E-state index in [0.717, 1.165) is 6.42 Å². The van der Waals surface area contributed by atoms with E-state index in [1.165, 1.54) is 11.0 Å². The van der Waals surface area contributed by atoms with Gasteiger partial charge in [0.25, 0.3) is 0 Å². The molecule has 5 unspecified atom stereocenters. The zero-order valence-corrected chi connectivity index (χ0v) is 19.1. The van der Waals surface area contributed by atoms with Crippen molar-refractivity contribution in [1.29, 1.82) is 0 Å². The number of hydrogen-bond acceptors (Lipinski definition) is 3. The van der Waals surface area contributed by atoms with E-state index in [4.69, 9.17) is 34.8 Å². The average molecular weight is 490 g/mol. The van der Waals surface area contributed by atoms with Crippen molar-refractivity contribution in [2.45, 2.75) is 18.9 Å². The zero-order chi connectivity index (χ0) is 22.6. The smallest absolute Gasteiger partial charge is 0.234 e. The molecule has 1 heterocycles. The van der Waals surface area contributed by atoms with Gasteiger partial charge >= 0.3 is 0 Å². The lowest BCUT2D eigenvalue weighted by Crippen LogP contribution is -2.38. The summed E-state index contributed by atoms with van der Waals surface area (Å²) in [4.78, 5) is 41.1. The molecule has 164 valence electrons. The molecule has 1 saturated carbocycles. The van der Waals surface area contributed by atoms with E-state index in [1.54, 1.807) is 36.4 Å². The third kappa shape index (κ3) is 3.53. The topological polar surface area (TPSA) is 66.5 Å². The van der Waals surface area contributed by atoms with Crippen LogP contribution < -0.4 is 5.32 Å². The van der Waals surface area contributed by atoms with Gasteiger partial charge in [-0.2, -0.15) is 0 Å². The molecule has 1 aliphatic heterocycles. The Morgan fingerprint density at radius 3 is 2.25 bits per heavy atom. The quantitative estimate of drug-likeness (QED) is 0.444. The van der Waals surface area contributed by atoms with Crippen molar-refractivity contribution in [2.24, 2.45) is 23.7 Å². The van der Waals surface area contributed by atoms with Crippen LogP contribution in [0.15, 0.2) is 54.6 Å². The van der Waals surface area contributed by atoms with Crippen LogP contribution >= 0.6 is 34.8 Å². The van der Waals surface area contributed by atoms with Gasteiger partial charge in [-0.1, -0.05) is 65.2 Å². The molecule has 2 fully saturated rings. The van der Waals surface area contributed by atoms with Crippen molar-refractivity contribution in [3.63, 3.8) is 0 Å². The SMILES string of the molecule is O=C(CC(c1ccccc1Cl)N1C(=O)C2C3C=CC(C3)C2C1=O)Nc1ccc(Cl)cc1Cl. The van der Waals surface area contributed by atoms with E-state index in [9.17, 15) is 14.4 Å². The lowest BCUT2D eigenvalue weighted by atomic mass is 9.85. The molecule has 2 aromatic carbocycles. The van der Waals surface area contributed by atoms with E-state index in [1.807, 2.05) is 12.2 Å². The molecule has 1 N–H and O–H groups in total. The number of fused-ring (bicyclic) bond motifs is 5. The molecule has 2 bridgehead atoms. The van der Waals surface area contributed by atoms with Crippen molar-refractivity contribution < 1.29 is 14.4 Å².